The van der Waals surface area contributed by atoms with Crippen LogP contribution in [0.1, 0.15) is 45.0 Å². The van der Waals surface area contributed by atoms with E-state index in [1.165, 1.54) is 12.8 Å². The van der Waals surface area contributed by atoms with E-state index in [1.807, 2.05) is 0 Å². The van der Waals surface area contributed by atoms with Crippen molar-refractivity contribution in [2.75, 3.05) is 24.5 Å². The van der Waals surface area contributed by atoms with E-state index >= 15 is 0 Å². The van der Waals surface area contributed by atoms with Crippen LogP contribution in [0.5, 0.6) is 0 Å². The second-order valence-corrected chi connectivity index (χ2v) is 4.29. The van der Waals surface area contributed by atoms with Crippen LogP contribution in [0.4, 0.5) is 6.01 Å². The van der Waals surface area contributed by atoms with Gasteiger partial charge in [-0.25, -0.2) is 0 Å². The Kier molecular flexibility index (Phi) is 3.77. The molecular weight excluding hydrogens is 204 g/mol. The molecule has 16 heavy (non-hydrogen) atoms. The maximum Gasteiger partial charge on any atom is 0.318 e. The molecule has 0 radical (unpaired) electrons. The molecule has 0 amide bonds. The molecule has 1 aliphatic rings. The third-order valence-corrected chi connectivity index (χ3v) is 2.88. The molecule has 0 aromatic carbocycles. The highest BCUT2D eigenvalue weighted by molar-refractivity contribution is 5.25. The number of hydrogen-bond acceptors (Lipinski definition) is 5. The van der Waals surface area contributed by atoms with E-state index in [9.17, 15) is 0 Å². The Bertz CT molecular complexity index is 320. The molecule has 1 aromatic rings. The first-order chi connectivity index (χ1) is 7.81. The zero-order chi connectivity index (χ0) is 11.4. The van der Waals surface area contributed by atoms with Crippen molar-refractivity contribution >= 4 is 6.01 Å². The van der Waals surface area contributed by atoms with Crippen molar-refractivity contribution in [1.82, 2.24) is 15.5 Å². The van der Waals surface area contributed by atoms with Crippen LogP contribution in [0.25, 0.3) is 0 Å². The van der Waals surface area contributed by atoms with E-state index < -0.39 is 0 Å². The zero-order valence-electron chi connectivity index (χ0n) is 10.1. The minimum Gasteiger partial charge on any atom is -0.406 e. The first-order valence-corrected chi connectivity index (χ1v) is 6.13. The summed E-state index contributed by atoms with van der Waals surface area (Å²) in [6.07, 6.45) is 3.56. The average molecular weight is 224 g/mol. The molecule has 1 fully saturated rings. The highest BCUT2D eigenvalue weighted by Crippen LogP contribution is 2.20. The molecule has 1 atom stereocenters. The summed E-state index contributed by atoms with van der Waals surface area (Å²) in [7, 11) is 0. The highest BCUT2D eigenvalue weighted by atomic mass is 16.4. The maximum absolute atomic E-state index is 5.67. The van der Waals surface area contributed by atoms with Gasteiger partial charge in [0.05, 0.1) is 6.04 Å². The fraction of sp³-hybridized carbons (Fsp3) is 0.818. The Balaban J connectivity index is 1.95. The Hall–Kier alpha value is -1.10. The van der Waals surface area contributed by atoms with Gasteiger partial charge in [-0.3, -0.25) is 0 Å². The zero-order valence-corrected chi connectivity index (χ0v) is 10.1. The summed E-state index contributed by atoms with van der Waals surface area (Å²) < 4.78 is 5.67. The van der Waals surface area contributed by atoms with Gasteiger partial charge >= 0.3 is 6.01 Å². The topological polar surface area (TPSA) is 54.2 Å². The first kappa shape index (κ1) is 11.4. The molecule has 2 rings (SSSR count). The molecule has 2 heterocycles. The highest BCUT2D eigenvalue weighted by Gasteiger charge is 2.20. The average Bonchev–Trinajstić information content (AvgIpc) is 2.94. The van der Waals surface area contributed by atoms with E-state index in [1.54, 1.807) is 0 Å². The Morgan fingerprint density at radius 2 is 2.12 bits per heavy atom. The molecular formula is C11H20N4O. The summed E-state index contributed by atoms with van der Waals surface area (Å²) in [5.74, 6) is 0.690. The molecule has 1 aromatic heterocycles. The van der Waals surface area contributed by atoms with Crippen LogP contribution in [0.2, 0.25) is 0 Å². The summed E-state index contributed by atoms with van der Waals surface area (Å²) in [6.45, 7) is 7.25. The van der Waals surface area contributed by atoms with Crippen LogP contribution < -0.4 is 10.2 Å². The SMILES string of the molecule is CCCNC(C)c1nnc(N2CCCC2)o1. The van der Waals surface area contributed by atoms with E-state index in [0.29, 0.717) is 11.9 Å². The Morgan fingerprint density at radius 1 is 1.38 bits per heavy atom. The van der Waals surface area contributed by atoms with E-state index in [0.717, 1.165) is 26.1 Å². The van der Waals surface area contributed by atoms with Crippen LogP contribution in [0, 0.1) is 0 Å². The lowest BCUT2D eigenvalue weighted by molar-refractivity contribution is 0.416. The van der Waals surface area contributed by atoms with Crippen molar-refractivity contribution in [3.63, 3.8) is 0 Å². The third-order valence-electron chi connectivity index (χ3n) is 2.88. The standard InChI is InChI=1S/C11H20N4O/c1-3-6-12-9(2)10-13-14-11(16-10)15-7-4-5-8-15/h9,12H,3-8H2,1-2H3. The lowest BCUT2D eigenvalue weighted by Crippen LogP contribution is -2.19. The van der Waals surface area contributed by atoms with Crippen LogP contribution in [-0.2, 0) is 0 Å². The Labute approximate surface area is 96.2 Å². The van der Waals surface area contributed by atoms with Gasteiger partial charge in [-0.05, 0) is 32.7 Å². The molecule has 1 N–H and O–H groups in total. The number of nitrogens with one attached hydrogen (secondary N) is 1. The first-order valence-electron chi connectivity index (χ1n) is 6.13. The van der Waals surface area contributed by atoms with Crippen LogP contribution in [-0.4, -0.2) is 29.8 Å². The molecule has 1 aliphatic heterocycles. The van der Waals surface area contributed by atoms with Gasteiger partial charge in [-0.15, -0.1) is 5.10 Å². The Morgan fingerprint density at radius 3 is 2.81 bits per heavy atom. The van der Waals surface area contributed by atoms with Crippen molar-refractivity contribution in [2.24, 2.45) is 0 Å². The molecule has 0 aliphatic carbocycles. The normalized spacial score (nSPS) is 18.0. The number of nitrogens with zero attached hydrogens (tertiary/aromatic N) is 3. The fourth-order valence-electron chi connectivity index (χ4n) is 1.89. The molecule has 0 bridgehead atoms. The van der Waals surface area contributed by atoms with Gasteiger partial charge in [0.15, 0.2) is 0 Å². The van der Waals surface area contributed by atoms with Crippen molar-refractivity contribution < 1.29 is 4.42 Å². The molecule has 1 saturated heterocycles. The third kappa shape index (κ3) is 2.52. The maximum atomic E-state index is 5.67. The minimum absolute atomic E-state index is 0.142. The van der Waals surface area contributed by atoms with Gasteiger partial charge in [0.25, 0.3) is 0 Å². The summed E-state index contributed by atoms with van der Waals surface area (Å²) in [5.41, 5.74) is 0. The lowest BCUT2D eigenvalue weighted by Gasteiger charge is -2.11. The smallest absolute Gasteiger partial charge is 0.318 e. The predicted octanol–water partition coefficient (Wildman–Crippen LogP) is 1.73. The van der Waals surface area contributed by atoms with Gasteiger partial charge in [-0.2, -0.15) is 0 Å². The second kappa shape index (κ2) is 5.30. The molecule has 90 valence electrons. The number of rotatable bonds is 5. The number of hydrogen-bond donors (Lipinski definition) is 1. The van der Waals surface area contributed by atoms with Gasteiger partial charge < -0.3 is 14.6 Å². The second-order valence-electron chi connectivity index (χ2n) is 4.29. The van der Waals surface area contributed by atoms with Gasteiger partial charge in [0.1, 0.15) is 0 Å². The fourth-order valence-corrected chi connectivity index (χ4v) is 1.89. The van der Waals surface area contributed by atoms with Crippen molar-refractivity contribution in [3.05, 3.63) is 5.89 Å². The van der Waals surface area contributed by atoms with E-state index in [2.05, 4.69) is 34.3 Å². The predicted molar refractivity (Wildman–Crippen MR) is 62.5 cm³/mol. The van der Waals surface area contributed by atoms with Crippen molar-refractivity contribution in [1.29, 1.82) is 0 Å². The molecule has 1 unspecified atom stereocenters. The summed E-state index contributed by atoms with van der Waals surface area (Å²) in [5, 5.41) is 11.5. The summed E-state index contributed by atoms with van der Waals surface area (Å²) in [4.78, 5) is 2.16. The largest absolute Gasteiger partial charge is 0.406 e. The quantitative estimate of drug-likeness (QED) is 0.825. The van der Waals surface area contributed by atoms with Crippen LogP contribution in [0.15, 0.2) is 4.42 Å². The van der Waals surface area contributed by atoms with Gasteiger partial charge in [-0.1, -0.05) is 12.0 Å². The van der Waals surface area contributed by atoms with Gasteiger partial charge in [0, 0.05) is 13.1 Å². The van der Waals surface area contributed by atoms with E-state index in [4.69, 9.17) is 4.42 Å². The number of anilines is 1. The lowest BCUT2D eigenvalue weighted by atomic mass is 10.3. The molecule has 0 saturated carbocycles. The minimum atomic E-state index is 0.142. The van der Waals surface area contributed by atoms with Crippen LogP contribution in [0.3, 0.4) is 0 Å². The van der Waals surface area contributed by atoms with Crippen LogP contribution >= 0.6 is 0 Å². The van der Waals surface area contributed by atoms with E-state index in [-0.39, 0.29) is 6.04 Å². The van der Waals surface area contributed by atoms with Crippen molar-refractivity contribution in [2.45, 2.75) is 39.2 Å². The van der Waals surface area contributed by atoms with Crippen molar-refractivity contribution in [3.8, 4) is 0 Å². The molecule has 0 spiro atoms. The molecule has 5 nitrogen and oxygen atoms in total. The monoisotopic (exact) mass is 224 g/mol. The molecule has 5 heteroatoms. The number of aromatic nitrogens is 2. The van der Waals surface area contributed by atoms with Gasteiger partial charge in [0.2, 0.25) is 5.89 Å². The summed E-state index contributed by atoms with van der Waals surface area (Å²) in [6, 6.07) is 0.821. The summed E-state index contributed by atoms with van der Waals surface area (Å²) >= 11 is 0.